The summed E-state index contributed by atoms with van der Waals surface area (Å²) < 4.78 is 39.9. The van der Waals surface area contributed by atoms with E-state index in [1.165, 1.54) is 23.5 Å². The van der Waals surface area contributed by atoms with Gasteiger partial charge < -0.3 is 10.6 Å². The molecule has 0 aliphatic heterocycles. The van der Waals surface area contributed by atoms with Crippen molar-refractivity contribution in [1.82, 2.24) is 15.1 Å². The van der Waals surface area contributed by atoms with E-state index in [2.05, 4.69) is 15.7 Å². The summed E-state index contributed by atoms with van der Waals surface area (Å²) in [5, 5.41) is 11.2. The highest BCUT2D eigenvalue weighted by Crippen LogP contribution is 2.30. The zero-order valence-corrected chi connectivity index (χ0v) is 14.2. The molecule has 3 rings (SSSR count). The molecule has 0 aliphatic rings. The van der Waals surface area contributed by atoms with Crippen LogP contribution in [0.3, 0.4) is 0 Å². The number of aromatic nitrogens is 2. The summed E-state index contributed by atoms with van der Waals surface area (Å²) in [6, 6.07) is 9.33. The number of anilines is 1. The number of carbonyl (C=O) groups excluding carboxylic acids is 1. The highest BCUT2D eigenvalue weighted by Gasteiger charge is 2.30. The number of alkyl halides is 3. The number of nitrogens with zero attached hydrogens (tertiary/aromatic N) is 2. The second kappa shape index (κ2) is 7.61. The maximum absolute atomic E-state index is 12.7. The van der Waals surface area contributed by atoms with Crippen LogP contribution in [0.5, 0.6) is 0 Å². The lowest BCUT2D eigenvalue weighted by molar-refractivity contribution is -0.137. The van der Waals surface area contributed by atoms with Gasteiger partial charge in [-0.25, -0.2) is 4.79 Å². The van der Waals surface area contributed by atoms with Gasteiger partial charge in [-0.3, -0.25) is 4.68 Å². The smallest absolute Gasteiger partial charge is 0.335 e. The number of halogens is 3. The maximum Gasteiger partial charge on any atom is 0.416 e. The van der Waals surface area contributed by atoms with Gasteiger partial charge in [0, 0.05) is 29.5 Å². The first kappa shape index (κ1) is 18.0. The van der Waals surface area contributed by atoms with E-state index in [9.17, 15) is 18.0 Å². The van der Waals surface area contributed by atoms with E-state index in [-0.39, 0.29) is 18.3 Å². The molecule has 0 spiro atoms. The second-order valence-electron chi connectivity index (χ2n) is 5.43. The first-order valence-electron chi connectivity index (χ1n) is 7.68. The van der Waals surface area contributed by atoms with Crippen molar-refractivity contribution in [1.29, 1.82) is 0 Å². The van der Waals surface area contributed by atoms with Gasteiger partial charge >= 0.3 is 12.2 Å². The van der Waals surface area contributed by atoms with Gasteiger partial charge in [-0.2, -0.15) is 18.3 Å². The first-order chi connectivity index (χ1) is 12.4. The number of nitrogens with one attached hydrogen (secondary N) is 2. The van der Waals surface area contributed by atoms with Gasteiger partial charge in [-0.05, 0) is 35.7 Å². The minimum absolute atomic E-state index is 0.0732. The molecule has 0 aliphatic carbocycles. The molecule has 5 nitrogen and oxygen atoms in total. The van der Waals surface area contributed by atoms with Crippen LogP contribution < -0.4 is 10.6 Å². The van der Waals surface area contributed by atoms with E-state index in [0.29, 0.717) is 0 Å². The standard InChI is InChI=1S/C17H15F3N4OS/c18-17(19,20)12-4-1-5-13(10-12)23-16(25)21-11-14(15-6-2-9-26-15)24-8-3-7-22-24/h1-10,14H,11H2,(H2,21,23,25). The second-order valence-corrected chi connectivity index (χ2v) is 6.41. The van der Waals surface area contributed by atoms with Crippen LogP contribution in [0, 0.1) is 0 Å². The van der Waals surface area contributed by atoms with E-state index < -0.39 is 17.8 Å². The van der Waals surface area contributed by atoms with Gasteiger partial charge in [0.1, 0.15) is 6.04 Å². The Bertz CT molecular complexity index is 813. The molecule has 2 amide bonds. The summed E-state index contributed by atoms with van der Waals surface area (Å²) >= 11 is 1.53. The Morgan fingerprint density at radius 3 is 2.73 bits per heavy atom. The first-order valence-corrected chi connectivity index (χ1v) is 8.56. The molecule has 2 N–H and O–H groups in total. The monoisotopic (exact) mass is 380 g/mol. The van der Waals surface area contributed by atoms with Crippen LogP contribution >= 0.6 is 11.3 Å². The van der Waals surface area contributed by atoms with Gasteiger partial charge in [0.05, 0.1) is 5.56 Å². The molecule has 1 aromatic carbocycles. The van der Waals surface area contributed by atoms with E-state index >= 15 is 0 Å². The Hall–Kier alpha value is -2.81. The third kappa shape index (κ3) is 4.42. The number of thiophene rings is 1. The fourth-order valence-corrected chi connectivity index (χ4v) is 3.23. The summed E-state index contributed by atoms with van der Waals surface area (Å²) in [4.78, 5) is 13.1. The van der Waals surface area contributed by atoms with Crippen molar-refractivity contribution in [2.45, 2.75) is 12.2 Å². The third-order valence-electron chi connectivity index (χ3n) is 3.62. The molecular weight excluding hydrogens is 365 g/mol. The molecule has 0 saturated heterocycles. The lowest BCUT2D eigenvalue weighted by Crippen LogP contribution is -2.34. The van der Waals surface area contributed by atoms with Crippen molar-refractivity contribution < 1.29 is 18.0 Å². The number of benzene rings is 1. The Labute approximate surface area is 151 Å². The Balaban J connectivity index is 1.64. The normalized spacial score (nSPS) is 12.6. The zero-order valence-electron chi connectivity index (χ0n) is 13.4. The molecule has 0 radical (unpaired) electrons. The van der Waals surface area contributed by atoms with E-state index in [1.807, 2.05) is 17.5 Å². The average Bonchev–Trinajstić information content (AvgIpc) is 3.28. The molecule has 0 bridgehead atoms. The molecule has 0 fully saturated rings. The molecule has 2 heterocycles. The quantitative estimate of drug-likeness (QED) is 0.690. The number of amides is 2. The van der Waals surface area contributed by atoms with E-state index in [1.54, 1.807) is 23.1 Å². The van der Waals surface area contributed by atoms with Gasteiger partial charge in [0.15, 0.2) is 0 Å². The number of carbonyl (C=O) groups is 1. The van der Waals surface area contributed by atoms with Gasteiger partial charge in [0.2, 0.25) is 0 Å². The van der Waals surface area contributed by atoms with E-state index in [4.69, 9.17) is 0 Å². The van der Waals surface area contributed by atoms with Crippen LogP contribution in [0.2, 0.25) is 0 Å². The van der Waals surface area contributed by atoms with Crippen LogP contribution in [-0.4, -0.2) is 22.4 Å². The third-order valence-corrected chi connectivity index (χ3v) is 4.59. The Morgan fingerprint density at radius 2 is 2.08 bits per heavy atom. The number of hydrogen-bond donors (Lipinski definition) is 2. The molecule has 26 heavy (non-hydrogen) atoms. The summed E-state index contributed by atoms with van der Waals surface area (Å²) in [6.45, 7) is 0.243. The Morgan fingerprint density at radius 1 is 1.23 bits per heavy atom. The van der Waals surface area contributed by atoms with Crippen LogP contribution in [0.1, 0.15) is 16.5 Å². The van der Waals surface area contributed by atoms with Crippen LogP contribution in [0.4, 0.5) is 23.7 Å². The van der Waals surface area contributed by atoms with Crippen molar-refractivity contribution >= 4 is 23.1 Å². The molecule has 9 heteroatoms. The highest BCUT2D eigenvalue weighted by atomic mass is 32.1. The fourth-order valence-electron chi connectivity index (χ4n) is 2.41. The predicted octanol–water partition coefficient (Wildman–Crippen LogP) is 4.37. The number of hydrogen-bond acceptors (Lipinski definition) is 3. The molecule has 2 aromatic heterocycles. The summed E-state index contributed by atoms with van der Waals surface area (Å²) in [6.07, 6.45) is -1.03. The van der Waals surface area contributed by atoms with Gasteiger partial charge in [-0.1, -0.05) is 12.1 Å². The Kier molecular flexibility index (Phi) is 5.27. The summed E-state index contributed by atoms with van der Waals surface area (Å²) in [7, 11) is 0. The molecule has 3 aromatic rings. The van der Waals surface area contributed by atoms with Crippen molar-refractivity contribution in [3.8, 4) is 0 Å². The van der Waals surface area contributed by atoms with E-state index in [0.717, 1.165) is 17.0 Å². The molecular formula is C17H15F3N4OS. The summed E-state index contributed by atoms with van der Waals surface area (Å²) in [5.74, 6) is 0. The SMILES string of the molecule is O=C(NCC(c1cccs1)n1cccn1)Nc1cccc(C(F)(F)F)c1. The van der Waals surface area contributed by atoms with Crippen LogP contribution in [0.15, 0.2) is 60.2 Å². The number of rotatable bonds is 5. The van der Waals surface area contributed by atoms with Crippen LogP contribution in [0.25, 0.3) is 0 Å². The molecule has 1 unspecified atom stereocenters. The molecule has 0 saturated carbocycles. The predicted molar refractivity (Wildman–Crippen MR) is 93.2 cm³/mol. The fraction of sp³-hybridized carbons (Fsp3) is 0.176. The van der Waals surface area contributed by atoms with Crippen molar-refractivity contribution in [2.75, 3.05) is 11.9 Å². The minimum Gasteiger partial charge on any atom is -0.335 e. The lowest BCUT2D eigenvalue weighted by atomic mass is 10.2. The lowest BCUT2D eigenvalue weighted by Gasteiger charge is -2.17. The largest absolute Gasteiger partial charge is 0.416 e. The average molecular weight is 380 g/mol. The van der Waals surface area contributed by atoms with Crippen LogP contribution in [-0.2, 0) is 6.18 Å². The summed E-state index contributed by atoms with van der Waals surface area (Å²) in [5.41, 5.74) is -0.743. The number of urea groups is 1. The molecule has 1 atom stereocenters. The topological polar surface area (TPSA) is 59.0 Å². The van der Waals surface area contributed by atoms with Gasteiger partial charge in [0.25, 0.3) is 0 Å². The zero-order chi connectivity index (χ0) is 18.6. The van der Waals surface area contributed by atoms with Crippen molar-refractivity contribution in [3.63, 3.8) is 0 Å². The maximum atomic E-state index is 12.7. The molecule has 136 valence electrons. The van der Waals surface area contributed by atoms with Crippen molar-refractivity contribution in [2.24, 2.45) is 0 Å². The van der Waals surface area contributed by atoms with Gasteiger partial charge in [-0.15, -0.1) is 11.3 Å². The highest BCUT2D eigenvalue weighted by molar-refractivity contribution is 7.10. The van der Waals surface area contributed by atoms with Crippen molar-refractivity contribution in [3.05, 3.63) is 70.7 Å². The minimum atomic E-state index is -4.46.